The number of amides is 1. The molecule has 0 spiro atoms. The Labute approximate surface area is 143 Å². The van der Waals surface area contributed by atoms with Crippen LogP contribution in [0.4, 0.5) is 4.79 Å². The molecule has 2 atom stereocenters. The Morgan fingerprint density at radius 2 is 1.61 bits per heavy atom. The zero-order valence-corrected chi connectivity index (χ0v) is 17.6. The van der Waals surface area contributed by atoms with Crippen molar-refractivity contribution in [3.63, 3.8) is 0 Å². The third kappa shape index (κ3) is 7.68. The highest BCUT2D eigenvalue weighted by Crippen LogP contribution is 2.37. The molecule has 1 amide bonds. The highest BCUT2D eigenvalue weighted by molar-refractivity contribution is 6.74. The molecule has 0 aliphatic heterocycles. The second kappa shape index (κ2) is 7.99. The summed E-state index contributed by atoms with van der Waals surface area (Å²) in [5.74, 6) is 0.115. The van der Waals surface area contributed by atoms with Crippen LogP contribution in [-0.4, -0.2) is 43.9 Å². The van der Waals surface area contributed by atoms with E-state index in [-0.39, 0.29) is 23.6 Å². The molecule has 0 fully saturated rings. The molecule has 0 saturated heterocycles. The monoisotopic (exact) mass is 347 g/mol. The fourth-order valence-electron chi connectivity index (χ4n) is 1.91. The molecule has 0 aliphatic rings. The smallest absolute Gasteiger partial charge is 0.407 e. The van der Waals surface area contributed by atoms with Crippen molar-refractivity contribution in [2.24, 2.45) is 5.92 Å². The molecule has 0 aromatic rings. The van der Waals surface area contributed by atoms with Crippen molar-refractivity contribution in [1.82, 2.24) is 5.32 Å². The summed E-state index contributed by atoms with van der Waals surface area (Å²) in [5, 5.41) is 12.7. The Morgan fingerprint density at radius 1 is 1.13 bits per heavy atom. The minimum absolute atomic E-state index is 0.0356. The molecule has 0 radical (unpaired) electrons. The lowest BCUT2D eigenvalue weighted by atomic mass is 9.99. The Hall–Kier alpha value is -0.593. The average Bonchev–Trinajstić information content (AvgIpc) is 2.29. The molecule has 0 bridgehead atoms. The van der Waals surface area contributed by atoms with Gasteiger partial charge in [-0.3, -0.25) is 0 Å². The molecule has 2 N–H and O–H groups in total. The standard InChI is InChI=1S/C17H37NO4Si/c1-12(2)14(18-15(20)21-16(3,4)5)13(11-19)22-23(9,10)17(6,7)8/h12-14,19H,11H2,1-10H3,(H,18,20)/t13-,14+/m1/s1. The van der Waals surface area contributed by atoms with E-state index in [4.69, 9.17) is 9.16 Å². The zero-order valence-electron chi connectivity index (χ0n) is 16.6. The molecule has 5 nitrogen and oxygen atoms in total. The van der Waals surface area contributed by atoms with Crippen molar-refractivity contribution >= 4 is 14.4 Å². The van der Waals surface area contributed by atoms with Gasteiger partial charge in [0.2, 0.25) is 0 Å². The third-order valence-electron chi connectivity index (χ3n) is 4.23. The van der Waals surface area contributed by atoms with E-state index in [9.17, 15) is 9.90 Å². The normalized spacial score (nSPS) is 16.2. The molecular formula is C17H37NO4Si. The predicted molar refractivity (Wildman–Crippen MR) is 97.2 cm³/mol. The molecule has 0 heterocycles. The summed E-state index contributed by atoms with van der Waals surface area (Å²) in [6, 6.07) is -0.302. The van der Waals surface area contributed by atoms with E-state index >= 15 is 0 Å². The first-order valence-corrected chi connectivity index (χ1v) is 11.3. The van der Waals surface area contributed by atoms with Crippen LogP contribution in [0.3, 0.4) is 0 Å². The van der Waals surface area contributed by atoms with Crippen LogP contribution in [0.25, 0.3) is 0 Å². The zero-order chi connectivity index (χ0) is 18.6. The average molecular weight is 348 g/mol. The topological polar surface area (TPSA) is 67.8 Å². The van der Waals surface area contributed by atoms with Crippen LogP contribution in [0.1, 0.15) is 55.4 Å². The SMILES string of the molecule is CC(C)[C@H](NC(=O)OC(C)(C)C)[C@@H](CO)O[Si](C)(C)C(C)(C)C. The number of ether oxygens (including phenoxy) is 1. The Balaban J connectivity index is 5.14. The first kappa shape index (κ1) is 22.4. The highest BCUT2D eigenvalue weighted by Gasteiger charge is 2.41. The van der Waals surface area contributed by atoms with Gasteiger partial charge in [-0.15, -0.1) is 0 Å². The maximum Gasteiger partial charge on any atom is 0.407 e. The number of hydrogen-bond donors (Lipinski definition) is 2. The van der Waals surface area contributed by atoms with E-state index in [1.165, 1.54) is 0 Å². The highest BCUT2D eigenvalue weighted by atomic mass is 28.4. The molecule has 0 saturated carbocycles. The largest absolute Gasteiger partial charge is 0.444 e. The van der Waals surface area contributed by atoms with Gasteiger partial charge in [-0.25, -0.2) is 4.79 Å². The molecule has 0 aromatic carbocycles. The van der Waals surface area contributed by atoms with Gasteiger partial charge in [0.1, 0.15) is 5.60 Å². The van der Waals surface area contributed by atoms with Gasteiger partial charge >= 0.3 is 6.09 Å². The summed E-state index contributed by atoms with van der Waals surface area (Å²) in [5.41, 5.74) is -0.555. The van der Waals surface area contributed by atoms with Gasteiger partial charge < -0.3 is 19.6 Å². The molecule has 0 unspecified atom stereocenters. The minimum Gasteiger partial charge on any atom is -0.444 e. The summed E-state index contributed by atoms with van der Waals surface area (Å²) in [6.07, 6.45) is -0.920. The molecule has 23 heavy (non-hydrogen) atoms. The van der Waals surface area contributed by atoms with Gasteiger partial charge in [0.25, 0.3) is 0 Å². The lowest BCUT2D eigenvalue weighted by Crippen LogP contribution is -2.55. The van der Waals surface area contributed by atoms with Crippen molar-refractivity contribution in [2.45, 2.75) is 91.3 Å². The van der Waals surface area contributed by atoms with E-state index in [1.807, 2.05) is 34.6 Å². The fraction of sp³-hybridized carbons (Fsp3) is 0.941. The second-order valence-corrected chi connectivity index (χ2v) is 13.8. The Morgan fingerprint density at radius 3 is 1.91 bits per heavy atom. The number of alkyl carbamates (subject to hydrolysis) is 1. The van der Waals surface area contributed by atoms with Crippen LogP contribution in [0, 0.1) is 5.92 Å². The van der Waals surface area contributed by atoms with Crippen molar-refractivity contribution < 1.29 is 19.1 Å². The molecule has 6 heteroatoms. The predicted octanol–water partition coefficient (Wildman–Crippen LogP) is 3.92. The first-order valence-electron chi connectivity index (χ1n) is 8.39. The molecule has 138 valence electrons. The van der Waals surface area contributed by atoms with E-state index in [1.54, 1.807) is 0 Å². The van der Waals surface area contributed by atoms with Gasteiger partial charge in [-0.1, -0.05) is 34.6 Å². The number of nitrogens with one attached hydrogen (secondary N) is 1. The summed E-state index contributed by atoms with van der Waals surface area (Å²) < 4.78 is 11.7. The second-order valence-electron chi connectivity index (χ2n) is 9.02. The maximum atomic E-state index is 12.1. The number of carbonyl (C=O) groups is 1. The Kier molecular flexibility index (Phi) is 7.78. The molecular weight excluding hydrogens is 310 g/mol. The number of rotatable bonds is 6. The van der Waals surface area contributed by atoms with Crippen molar-refractivity contribution in [3.8, 4) is 0 Å². The van der Waals surface area contributed by atoms with Crippen LogP contribution >= 0.6 is 0 Å². The number of aliphatic hydroxyl groups excluding tert-OH is 1. The van der Waals surface area contributed by atoms with E-state index in [0.29, 0.717) is 0 Å². The van der Waals surface area contributed by atoms with Crippen LogP contribution in [0.5, 0.6) is 0 Å². The fourth-order valence-corrected chi connectivity index (χ4v) is 3.24. The first-order chi connectivity index (χ1) is 10.1. The van der Waals surface area contributed by atoms with Crippen molar-refractivity contribution in [2.75, 3.05) is 6.61 Å². The maximum absolute atomic E-state index is 12.1. The third-order valence-corrected chi connectivity index (χ3v) is 8.74. The Bertz CT molecular complexity index is 383. The number of aliphatic hydroxyl groups is 1. The van der Waals surface area contributed by atoms with Crippen LogP contribution < -0.4 is 5.32 Å². The van der Waals surface area contributed by atoms with Gasteiger partial charge in [0.15, 0.2) is 8.32 Å². The van der Waals surface area contributed by atoms with E-state index < -0.39 is 26.1 Å². The number of carbonyl (C=O) groups excluding carboxylic acids is 1. The van der Waals surface area contributed by atoms with Crippen molar-refractivity contribution in [1.29, 1.82) is 0 Å². The molecule has 0 aliphatic carbocycles. The van der Waals surface area contributed by atoms with Crippen LogP contribution in [-0.2, 0) is 9.16 Å². The summed E-state index contributed by atoms with van der Waals surface area (Å²) in [4.78, 5) is 12.1. The quantitative estimate of drug-likeness (QED) is 0.715. The minimum atomic E-state index is -2.05. The van der Waals surface area contributed by atoms with E-state index in [2.05, 4.69) is 39.2 Å². The lowest BCUT2D eigenvalue weighted by Gasteiger charge is -2.42. The van der Waals surface area contributed by atoms with Gasteiger partial charge in [-0.05, 0) is 44.8 Å². The molecule has 0 aromatic heterocycles. The summed E-state index contributed by atoms with van der Waals surface area (Å²) in [7, 11) is -2.05. The summed E-state index contributed by atoms with van der Waals surface area (Å²) in [6.45, 7) is 20.1. The van der Waals surface area contributed by atoms with Gasteiger partial charge in [0.05, 0.1) is 18.8 Å². The lowest BCUT2D eigenvalue weighted by molar-refractivity contribution is 0.0278. The van der Waals surface area contributed by atoms with Gasteiger partial charge in [0, 0.05) is 0 Å². The van der Waals surface area contributed by atoms with Crippen LogP contribution in [0.2, 0.25) is 18.1 Å². The number of hydrogen-bond acceptors (Lipinski definition) is 4. The van der Waals surface area contributed by atoms with Crippen molar-refractivity contribution in [3.05, 3.63) is 0 Å². The van der Waals surface area contributed by atoms with Crippen LogP contribution in [0.15, 0.2) is 0 Å². The van der Waals surface area contributed by atoms with E-state index in [0.717, 1.165) is 0 Å². The van der Waals surface area contributed by atoms with Gasteiger partial charge in [-0.2, -0.15) is 0 Å². The molecule has 0 rings (SSSR count). The summed E-state index contributed by atoms with van der Waals surface area (Å²) >= 11 is 0.